The topological polar surface area (TPSA) is 42.0 Å². The van der Waals surface area contributed by atoms with Crippen molar-refractivity contribution in [2.45, 2.75) is 4.90 Å². The van der Waals surface area contributed by atoms with Gasteiger partial charge in [-0.2, -0.15) is 0 Å². The number of nitrogens with zero attached hydrogens (tertiary/aromatic N) is 1. The molecule has 0 atom stereocenters. The molecule has 1 N–H and O–H groups in total. The van der Waals surface area contributed by atoms with Crippen molar-refractivity contribution >= 4 is 57.1 Å². The minimum Gasteiger partial charge on any atom is -0.298 e. The van der Waals surface area contributed by atoms with Gasteiger partial charge in [-0.15, -0.1) is 34.4 Å². The fraction of sp³-hybridized carbons (Fsp3) is 0.0667. The molecule has 3 aromatic rings. The van der Waals surface area contributed by atoms with Crippen molar-refractivity contribution < 1.29 is 4.79 Å². The van der Waals surface area contributed by atoms with E-state index in [9.17, 15) is 4.79 Å². The van der Waals surface area contributed by atoms with Crippen molar-refractivity contribution in [3.8, 4) is 10.6 Å². The third-order valence-corrected chi connectivity index (χ3v) is 5.62. The minimum atomic E-state index is -0.243. The number of thiazole rings is 1. The molecule has 112 valence electrons. The Balaban J connectivity index is 1.80. The summed E-state index contributed by atoms with van der Waals surface area (Å²) in [5.41, 5.74) is 1.33. The summed E-state index contributed by atoms with van der Waals surface area (Å²) in [7, 11) is 0. The first-order chi connectivity index (χ1) is 10.7. The van der Waals surface area contributed by atoms with Gasteiger partial charge in [0.15, 0.2) is 5.13 Å². The first kappa shape index (κ1) is 15.6. The van der Waals surface area contributed by atoms with Crippen molar-refractivity contribution in [1.82, 2.24) is 4.98 Å². The third-order valence-electron chi connectivity index (χ3n) is 2.92. The van der Waals surface area contributed by atoms with Crippen molar-refractivity contribution in [2.24, 2.45) is 0 Å². The molecule has 0 bridgehead atoms. The van der Waals surface area contributed by atoms with E-state index in [4.69, 9.17) is 11.6 Å². The molecule has 0 unspecified atom stereocenters. The van der Waals surface area contributed by atoms with Crippen LogP contribution in [-0.4, -0.2) is 17.1 Å². The van der Waals surface area contributed by atoms with Gasteiger partial charge in [-0.05, 0) is 35.9 Å². The third kappa shape index (κ3) is 3.35. The molecule has 1 amide bonds. The van der Waals surface area contributed by atoms with Crippen LogP contribution in [0.15, 0.2) is 46.0 Å². The minimum absolute atomic E-state index is 0.243. The molecular formula is C15H11ClN2OS3. The second-order valence-electron chi connectivity index (χ2n) is 4.32. The zero-order valence-electron chi connectivity index (χ0n) is 11.5. The van der Waals surface area contributed by atoms with Crippen LogP contribution < -0.4 is 5.32 Å². The zero-order chi connectivity index (χ0) is 15.5. The largest absolute Gasteiger partial charge is 0.298 e. The Morgan fingerprint density at radius 1 is 1.32 bits per heavy atom. The van der Waals surface area contributed by atoms with Crippen LogP contribution in [0.2, 0.25) is 5.02 Å². The Morgan fingerprint density at radius 2 is 2.18 bits per heavy atom. The van der Waals surface area contributed by atoms with Gasteiger partial charge in [-0.1, -0.05) is 17.7 Å². The number of carbonyl (C=O) groups excluding carboxylic acids is 1. The number of thioether (sulfide) groups is 1. The summed E-state index contributed by atoms with van der Waals surface area (Å²) < 4.78 is 0. The zero-order valence-corrected chi connectivity index (χ0v) is 14.7. The van der Waals surface area contributed by atoms with Gasteiger partial charge in [-0.3, -0.25) is 10.1 Å². The lowest BCUT2D eigenvalue weighted by molar-refractivity contribution is 0.102. The van der Waals surface area contributed by atoms with Gasteiger partial charge in [0.2, 0.25) is 0 Å². The van der Waals surface area contributed by atoms with Gasteiger partial charge in [0.1, 0.15) is 0 Å². The molecule has 0 radical (unpaired) electrons. The van der Waals surface area contributed by atoms with E-state index in [1.165, 1.54) is 11.3 Å². The Bertz CT molecular complexity index is 799. The fourth-order valence-electron chi connectivity index (χ4n) is 1.84. The quantitative estimate of drug-likeness (QED) is 0.620. The lowest BCUT2D eigenvalue weighted by Crippen LogP contribution is -2.12. The molecule has 0 spiro atoms. The summed E-state index contributed by atoms with van der Waals surface area (Å²) in [5, 5.41) is 7.75. The van der Waals surface area contributed by atoms with Gasteiger partial charge >= 0.3 is 0 Å². The van der Waals surface area contributed by atoms with Crippen LogP contribution in [0, 0.1) is 0 Å². The molecular weight excluding hydrogens is 356 g/mol. The van der Waals surface area contributed by atoms with E-state index in [-0.39, 0.29) is 5.91 Å². The molecule has 3 rings (SSSR count). The number of hydrogen-bond donors (Lipinski definition) is 1. The number of rotatable bonds is 4. The number of aromatic nitrogens is 1. The summed E-state index contributed by atoms with van der Waals surface area (Å²) in [6.45, 7) is 0. The maximum absolute atomic E-state index is 12.4. The highest BCUT2D eigenvalue weighted by Gasteiger charge is 2.14. The van der Waals surface area contributed by atoms with Crippen LogP contribution in [0.3, 0.4) is 0 Å². The highest BCUT2D eigenvalue weighted by molar-refractivity contribution is 7.98. The van der Waals surface area contributed by atoms with Crippen molar-refractivity contribution in [3.05, 3.63) is 51.7 Å². The monoisotopic (exact) mass is 366 g/mol. The van der Waals surface area contributed by atoms with Gasteiger partial charge in [0, 0.05) is 10.3 Å². The Hall–Kier alpha value is -1.34. The summed E-state index contributed by atoms with van der Waals surface area (Å²) in [6, 6.07) is 9.40. The van der Waals surface area contributed by atoms with E-state index in [0.717, 1.165) is 15.5 Å². The highest BCUT2D eigenvalue weighted by atomic mass is 35.5. The maximum Gasteiger partial charge on any atom is 0.258 e. The first-order valence-corrected chi connectivity index (χ1v) is 9.68. The van der Waals surface area contributed by atoms with Crippen molar-refractivity contribution in [3.63, 3.8) is 0 Å². The van der Waals surface area contributed by atoms with Crippen LogP contribution in [0.5, 0.6) is 0 Å². The Labute approximate surface area is 145 Å². The molecule has 0 saturated heterocycles. The number of benzene rings is 1. The number of nitrogens with one attached hydrogen (secondary N) is 1. The average molecular weight is 367 g/mol. The van der Waals surface area contributed by atoms with Crippen LogP contribution in [0.25, 0.3) is 10.6 Å². The van der Waals surface area contributed by atoms with E-state index >= 15 is 0 Å². The predicted molar refractivity (Wildman–Crippen MR) is 96.6 cm³/mol. The van der Waals surface area contributed by atoms with E-state index in [1.54, 1.807) is 35.2 Å². The molecule has 0 aliphatic rings. The Morgan fingerprint density at radius 3 is 2.91 bits per heavy atom. The lowest BCUT2D eigenvalue weighted by Gasteiger charge is -2.05. The number of amides is 1. The van der Waals surface area contributed by atoms with Gasteiger partial charge in [-0.25, -0.2) is 4.98 Å². The fourth-order valence-corrected chi connectivity index (χ4v) is 3.95. The maximum atomic E-state index is 12.4. The molecule has 2 aromatic heterocycles. The first-order valence-electron chi connectivity index (χ1n) is 6.31. The molecule has 1 aromatic carbocycles. The van der Waals surface area contributed by atoms with E-state index in [0.29, 0.717) is 15.7 Å². The van der Waals surface area contributed by atoms with Gasteiger partial charge < -0.3 is 0 Å². The number of carbonyl (C=O) groups is 1. The molecule has 3 nitrogen and oxygen atoms in total. The van der Waals surface area contributed by atoms with Gasteiger partial charge in [0.25, 0.3) is 5.91 Å². The second kappa shape index (κ2) is 6.83. The van der Waals surface area contributed by atoms with Crippen molar-refractivity contribution in [1.29, 1.82) is 0 Å². The lowest BCUT2D eigenvalue weighted by atomic mass is 10.2. The number of halogens is 1. The standard InChI is InChI=1S/C15H11ClN2OS3/c1-20-9-4-5-11(16)10(7-9)14(19)18-15-17-12(8-22-15)13-3-2-6-21-13/h2-8H,1H3,(H,17,18,19). The molecule has 0 aliphatic carbocycles. The SMILES string of the molecule is CSc1ccc(Cl)c(C(=O)Nc2nc(-c3cccs3)cs2)c1. The average Bonchev–Trinajstić information content (AvgIpc) is 3.18. The van der Waals surface area contributed by atoms with Gasteiger partial charge in [0.05, 0.1) is 21.2 Å². The van der Waals surface area contributed by atoms with Crippen LogP contribution in [0.1, 0.15) is 10.4 Å². The molecule has 7 heteroatoms. The summed E-state index contributed by atoms with van der Waals surface area (Å²) in [5.74, 6) is -0.243. The second-order valence-corrected chi connectivity index (χ2v) is 7.41. The number of thiophene rings is 1. The molecule has 2 heterocycles. The Kier molecular flexibility index (Phi) is 4.83. The van der Waals surface area contributed by atoms with E-state index in [2.05, 4.69) is 10.3 Å². The number of hydrogen-bond acceptors (Lipinski definition) is 5. The summed E-state index contributed by atoms with van der Waals surface area (Å²) in [4.78, 5) is 18.9. The van der Waals surface area contributed by atoms with Crippen molar-refractivity contribution in [2.75, 3.05) is 11.6 Å². The summed E-state index contributed by atoms with van der Waals surface area (Å²) in [6.07, 6.45) is 1.96. The molecule has 22 heavy (non-hydrogen) atoms. The highest BCUT2D eigenvalue weighted by Crippen LogP contribution is 2.29. The van der Waals surface area contributed by atoms with Crippen LogP contribution in [0.4, 0.5) is 5.13 Å². The summed E-state index contributed by atoms with van der Waals surface area (Å²) >= 11 is 10.7. The molecule has 0 saturated carbocycles. The molecule has 0 aliphatic heterocycles. The van der Waals surface area contributed by atoms with E-state index < -0.39 is 0 Å². The number of anilines is 1. The van der Waals surface area contributed by atoms with E-state index in [1.807, 2.05) is 35.2 Å². The molecule has 0 fully saturated rings. The van der Waals surface area contributed by atoms with Crippen LogP contribution in [-0.2, 0) is 0 Å². The van der Waals surface area contributed by atoms with Crippen LogP contribution >= 0.6 is 46.0 Å². The smallest absolute Gasteiger partial charge is 0.258 e. The normalized spacial score (nSPS) is 10.6. The predicted octanol–water partition coefficient (Wildman–Crippen LogP) is 5.50.